The molecular formula is C14H23NO2. The van der Waals surface area contributed by atoms with Gasteiger partial charge in [-0.25, -0.2) is 0 Å². The van der Waals surface area contributed by atoms with Crippen molar-refractivity contribution in [1.82, 2.24) is 4.90 Å². The lowest BCUT2D eigenvalue weighted by molar-refractivity contribution is 0.0275. The van der Waals surface area contributed by atoms with Crippen LogP contribution in [0.1, 0.15) is 38.9 Å². The Morgan fingerprint density at radius 2 is 2.35 bits per heavy atom. The third-order valence-electron chi connectivity index (χ3n) is 3.92. The van der Waals surface area contributed by atoms with E-state index >= 15 is 0 Å². The molecule has 1 N–H and O–H groups in total. The highest BCUT2D eigenvalue weighted by molar-refractivity contribution is 5.00. The summed E-state index contributed by atoms with van der Waals surface area (Å²) in [5, 5.41) is 9.03. The molecule has 3 nitrogen and oxygen atoms in total. The van der Waals surface area contributed by atoms with E-state index in [0.717, 1.165) is 31.7 Å². The van der Waals surface area contributed by atoms with Crippen molar-refractivity contribution < 1.29 is 9.52 Å². The summed E-state index contributed by atoms with van der Waals surface area (Å²) in [6.07, 6.45) is 5.03. The fourth-order valence-electron chi connectivity index (χ4n) is 2.89. The van der Waals surface area contributed by atoms with Crippen LogP contribution < -0.4 is 0 Å². The zero-order valence-corrected chi connectivity index (χ0v) is 10.9. The summed E-state index contributed by atoms with van der Waals surface area (Å²) < 4.78 is 5.42. The Morgan fingerprint density at radius 1 is 1.53 bits per heavy atom. The van der Waals surface area contributed by atoms with Crippen LogP contribution in [0.3, 0.4) is 0 Å². The molecule has 1 aromatic heterocycles. The number of aliphatic hydroxyl groups excluding tert-OH is 1. The summed E-state index contributed by atoms with van der Waals surface area (Å²) in [5.41, 5.74) is 0.199. The number of hydrogen-bond donors (Lipinski definition) is 1. The standard InChI is InChI=1S/C14H23NO2/c1-14(2)10-12(6-8-16)5-7-15(14)11-13-4-3-9-17-13/h3-4,9,12,16H,5-8,10-11H2,1-2H3. The average molecular weight is 237 g/mol. The van der Waals surface area contributed by atoms with Gasteiger partial charge in [0.1, 0.15) is 5.76 Å². The highest BCUT2D eigenvalue weighted by Crippen LogP contribution is 2.34. The lowest BCUT2D eigenvalue weighted by Gasteiger charge is -2.45. The number of aliphatic hydroxyl groups is 1. The summed E-state index contributed by atoms with van der Waals surface area (Å²) in [4.78, 5) is 2.49. The van der Waals surface area contributed by atoms with Gasteiger partial charge in [-0.1, -0.05) is 0 Å². The van der Waals surface area contributed by atoms with Gasteiger partial charge >= 0.3 is 0 Å². The molecule has 3 heteroatoms. The van der Waals surface area contributed by atoms with Crippen LogP contribution in [-0.4, -0.2) is 28.7 Å². The fraction of sp³-hybridized carbons (Fsp3) is 0.714. The summed E-state index contributed by atoms with van der Waals surface area (Å²) in [5.74, 6) is 1.71. The van der Waals surface area contributed by atoms with Crippen LogP contribution in [0.2, 0.25) is 0 Å². The highest BCUT2D eigenvalue weighted by atomic mass is 16.3. The third-order valence-corrected chi connectivity index (χ3v) is 3.92. The average Bonchev–Trinajstić information content (AvgIpc) is 2.74. The van der Waals surface area contributed by atoms with Crippen LogP contribution in [0.5, 0.6) is 0 Å². The summed E-state index contributed by atoms with van der Waals surface area (Å²) in [7, 11) is 0. The molecule has 2 heterocycles. The first-order chi connectivity index (χ1) is 8.12. The van der Waals surface area contributed by atoms with Crippen molar-refractivity contribution in [3.05, 3.63) is 24.2 Å². The normalized spacial score (nSPS) is 25.0. The second kappa shape index (κ2) is 5.23. The third kappa shape index (κ3) is 3.11. The Kier molecular flexibility index (Phi) is 3.89. The Hall–Kier alpha value is -0.800. The summed E-state index contributed by atoms with van der Waals surface area (Å²) in [6.45, 7) is 6.89. The van der Waals surface area contributed by atoms with E-state index in [4.69, 9.17) is 9.52 Å². The predicted molar refractivity (Wildman–Crippen MR) is 67.6 cm³/mol. The highest BCUT2D eigenvalue weighted by Gasteiger charge is 2.34. The molecule has 17 heavy (non-hydrogen) atoms. The number of hydrogen-bond acceptors (Lipinski definition) is 3. The lowest BCUT2D eigenvalue weighted by Crippen LogP contribution is -2.49. The van der Waals surface area contributed by atoms with Crippen molar-refractivity contribution in [3.8, 4) is 0 Å². The number of likely N-dealkylation sites (tertiary alicyclic amines) is 1. The fourth-order valence-corrected chi connectivity index (χ4v) is 2.89. The Balaban J connectivity index is 1.96. The molecule has 0 aromatic carbocycles. The number of rotatable bonds is 4. The maximum absolute atomic E-state index is 9.03. The van der Waals surface area contributed by atoms with E-state index in [9.17, 15) is 0 Å². The zero-order valence-electron chi connectivity index (χ0n) is 10.9. The van der Waals surface area contributed by atoms with Crippen LogP contribution in [0, 0.1) is 5.92 Å². The molecule has 96 valence electrons. The van der Waals surface area contributed by atoms with Crippen molar-refractivity contribution >= 4 is 0 Å². The minimum atomic E-state index is 0.199. The Morgan fingerprint density at radius 3 is 2.94 bits per heavy atom. The van der Waals surface area contributed by atoms with E-state index in [1.165, 1.54) is 6.42 Å². The van der Waals surface area contributed by atoms with Crippen LogP contribution in [0.4, 0.5) is 0 Å². The van der Waals surface area contributed by atoms with Crippen LogP contribution in [-0.2, 0) is 6.54 Å². The second-order valence-electron chi connectivity index (χ2n) is 5.68. The molecule has 1 aliphatic heterocycles. The topological polar surface area (TPSA) is 36.6 Å². The molecule has 1 aliphatic rings. The van der Waals surface area contributed by atoms with Gasteiger partial charge in [0.25, 0.3) is 0 Å². The van der Waals surface area contributed by atoms with E-state index in [0.29, 0.717) is 12.5 Å². The van der Waals surface area contributed by atoms with Gasteiger partial charge in [0.15, 0.2) is 0 Å². The largest absolute Gasteiger partial charge is 0.468 e. The minimum absolute atomic E-state index is 0.199. The Bertz CT molecular complexity index is 332. The van der Waals surface area contributed by atoms with Crippen molar-refractivity contribution in [3.63, 3.8) is 0 Å². The molecule has 1 fully saturated rings. The molecule has 1 aromatic rings. The first-order valence-electron chi connectivity index (χ1n) is 6.50. The quantitative estimate of drug-likeness (QED) is 0.874. The van der Waals surface area contributed by atoms with Gasteiger partial charge < -0.3 is 9.52 Å². The van der Waals surface area contributed by atoms with E-state index < -0.39 is 0 Å². The van der Waals surface area contributed by atoms with Crippen LogP contribution in [0.25, 0.3) is 0 Å². The molecular weight excluding hydrogens is 214 g/mol. The number of furan rings is 1. The zero-order chi connectivity index (χ0) is 12.3. The van der Waals surface area contributed by atoms with E-state index in [2.05, 4.69) is 18.7 Å². The first kappa shape index (κ1) is 12.7. The molecule has 1 unspecified atom stereocenters. The monoisotopic (exact) mass is 237 g/mol. The van der Waals surface area contributed by atoms with Crippen molar-refractivity contribution in [2.24, 2.45) is 5.92 Å². The lowest BCUT2D eigenvalue weighted by atomic mass is 9.81. The van der Waals surface area contributed by atoms with Gasteiger partial charge in [-0.3, -0.25) is 4.90 Å². The Labute approximate surface area is 103 Å². The summed E-state index contributed by atoms with van der Waals surface area (Å²) >= 11 is 0. The van der Waals surface area contributed by atoms with E-state index in [-0.39, 0.29) is 5.54 Å². The molecule has 0 spiro atoms. The first-order valence-corrected chi connectivity index (χ1v) is 6.50. The number of piperidine rings is 1. The smallest absolute Gasteiger partial charge is 0.117 e. The molecule has 0 aliphatic carbocycles. The maximum atomic E-state index is 9.03. The molecule has 0 bridgehead atoms. The van der Waals surface area contributed by atoms with Gasteiger partial charge in [0, 0.05) is 12.1 Å². The molecule has 2 rings (SSSR count). The maximum Gasteiger partial charge on any atom is 0.117 e. The molecule has 0 radical (unpaired) electrons. The van der Waals surface area contributed by atoms with Crippen molar-refractivity contribution in [2.75, 3.05) is 13.2 Å². The van der Waals surface area contributed by atoms with Crippen LogP contribution in [0.15, 0.2) is 22.8 Å². The number of nitrogens with zero attached hydrogens (tertiary/aromatic N) is 1. The second-order valence-corrected chi connectivity index (χ2v) is 5.68. The SMILES string of the molecule is CC1(C)CC(CCO)CCN1Cc1ccco1. The van der Waals surface area contributed by atoms with Crippen molar-refractivity contribution in [1.29, 1.82) is 0 Å². The van der Waals surface area contributed by atoms with Gasteiger partial charge in [-0.15, -0.1) is 0 Å². The molecule has 0 amide bonds. The van der Waals surface area contributed by atoms with Crippen molar-refractivity contribution in [2.45, 2.75) is 45.2 Å². The molecule has 1 saturated heterocycles. The van der Waals surface area contributed by atoms with Crippen LogP contribution >= 0.6 is 0 Å². The van der Waals surface area contributed by atoms with E-state index in [1.807, 2.05) is 12.1 Å². The van der Waals surface area contributed by atoms with Gasteiger partial charge in [0.2, 0.25) is 0 Å². The van der Waals surface area contributed by atoms with Gasteiger partial charge in [0.05, 0.1) is 12.8 Å². The molecule has 1 atom stereocenters. The van der Waals surface area contributed by atoms with E-state index in [1.54, 1.807) is 6.26 Å². The molecule has 0 saturated carbocycles. The van der Waals surface area contributed by atoms with Gasteiger partial charge in [-0.05, 0) is 57.7 Å². The van der Waals surface area contributed by atoms with Gasteiger partial charge in [-0.2, -0.15) is 0 Å². The minimum Gasteiger partial charge on any atom is -0.468 e. The predicted octanol–water partition coefficient (Wildman–Crippen LogP) is 2.65. The summed E-state index contributed by atoms with van der Waals surface area (Å²) in [6, 6.07) is 3.98.